The molecule has 1 aromatic rings. The fraction of sp³-hybridized carbons (Fsp3) is 0.625. The molecule has 106 valence electrons. The van der Waals surface area contributed by atoms with Crippen molar-refractivity contribution in [1.29, 1.82) is 0 Å². The smallest absolute Gasteiger partial charge is 0.0377 e. The summed E-state index contributed by atoms with van der Waals surface area (Å²) >= 11 is 3.69. The number of hydrogen-bond donors (Lipinski definition) is 1. The van der Waals surface area contributed by atoms with E-state index in [1.165, 1.54) is 47.8 Å². The van der Waals surface area contributed by atoms with Crippen LogP contribution in [0.4, 0.5) is 5.69 Å². The van der Waals surface area contributed by atoms with Crippen LogP contribution in [-0.4, -0.2) is 19.1 Å². The molecule has 0 saturated heterocycles. The molecule has 0 aromatic heterocycles. The molecule has 0 amide bonds. The molecular weight excluding hydrogens is 300 g/mol. The minimum absolute atomic E-state index is 0.207. The Morgan fingerprint density at radius 3 is 2.58 bits per heavy atom. The van der Waals surface area contributed by atoms with Gasteiger partial charge in [-0.1, -0.05) is 41.3 Å². The van der Waals surface area contributed by atoms with Gasteiger partial charge >= 0.3 is 0 Å². The van der Waals surface area contributed by atoms with Crippen LogP contribution in [0.5, 0.6) is 0 Å². The first-order valence-electron chi connectivity index (χ1n) is 7.35. The van der Waals surface area contributed by atoms with Crippen molar-refractivity contribution >= 4 is 21.6 Å². The predicted octanol–water partition coefficient (Wildman–Crippen LogP) is 4.11. The zero-order valence-corrected chi connectivity index (χ0v) is 13.6. The quantitative estimate of drug-likeness (QED) is 0.903. The van der Waals surface area contributed by atoms with Crippen molar-refractivity contribution in [3.63, 3.8) is 0 Å². The van der Waals surface area contributed by atoms with E-state index in [0.29, 0.717) is 6.04 Å². The molecule has 0 radical (unpaired) electrons. The van der Waals surface area contributed by atoms with Crippen LogP contribution in [0.3, 0.4) is 0 Å². The van der Waals surface area contributed by atoms with Crippen molar-refractivity contribution in [3.8, 4) is 0 Å². The molecule has 0 aliphatic heterocycles. The van der Waals surface area contributed by atoms with E-state index in [9.17, 15) is 0 Å². The van der Waals surface area contributed by atoms with Gasteiger partial charge in [0.05, 0.1) is 0 Å². The molecule has 0 bridgehead atoms. The summed E-state index contributed by atoms with van der Waals surface area (Å²) in [6, 6.07) is 7.60. The highest BCUT2D eigenvalue weighted by molar-refractivity contribution is 9.10. The van der Waals surface area contributed by atoms with E-state index in [1.54, 1.807) is 0 Å². The Morgan fingerprint density at radius 1 is 1.32 bits per heavy atom. The monoisotopic (exact) mass is 324 g/mol. The van der Waals surface area contributed by atoms with Gasteiger partial charge in [0.2, 0.25) is 0 Å². The van der Waals surface area contributed by atoms with E-state index >= 15 is 0 Å². The largest absolute Gasteiger partial charge is 0.372 e. The van der Waals surface area contributed by atoms with E-state index in [0.717, 1.165) is 6.42 Å². The molecule has 1 unspecified atom stereocenters. The van der Waals surface area contributed by atoms with Gasteiger partial charge in [0, 0.05) is 29.3 Å². The zero-order valence-electron chi connectivity index (χ0n) is 12.0. The summed E-state index contributed by atoms with van der Waals surface area (Å²) in [4.78, 5) is 2.44. The average Bonchev–Trinajstić information content (AvgIpc) is 2.41. The fourth-order valence-corrected chi connectivity index (χ4v) is 3.48. The first kappa shape index (κ1) is 14.9. The lowest BCUT2D eigenvalue weighted by Gasteiger charge is -2.33. The second-order valence-electron chi connectivity index (χ2n) is 5.86. The third-order valence-corrected chi connectivity index (χ3v) is 4.85. The van der Waals surface area contributed by atoms with Crippen LogP contribution in [0.15, 0.2) is 22.7 Å². The molecule has 1 aromatic carbocycles. The van der Waals surface area contributed by atoms with Crippen molar-refractivity contribution in [3.05, 3.63) is 28.2 Å². The molecule has 2 rings (SSSR count). The van der Waals surface area contributed by atoms with E-state index < -0.39 is 0 Å². The molecule has 0 spiro atoms. The summed E-state index contributed by atoms with van der Waals surface area (Å²) in [5, 5.41) is 0. The van der Waals surface area contributed by atoms with Gasteiger partial charge in [-0.15, -0.1) is 0 Å². The van der Waals surface area contributed by atoms with Gasteiger partial charge in [-0.25, -0.2) is 0 Å². The van der Waals surface area contributed by atoms with Gasteiger partial charge in [0.1, 0.15) is 0 Å². The molecule has 0 heterocycles. The van der Waals surface area contributed by atoms with Crippen molar-refractivity contribution < 1.29 is 0 Å². The van der Waals surface area contributed by atoms with E-state index in [2.05, 4.69) is 53.0 Å². The number of nitrogens with zero attached hydrogens (tertiary/aromatic N) is 1. The van der Waals surface area contributed by atoms with Gasteiger partial charge in [-0.2, -0.15) is 0 Å². The summed E-state index contributed by atoms with van der Waals surface area (Å²) in [5.74, 6) is 0. The number of nitrogens with two attached hydrogens (primary N) is 1. The van der Waals surface area contributed by atoms with Crippen molar-refractivity contribution in [2.24, 2.45) is 5.73 Å². The third-order valence-electron chi connectivity index (χ3n) is 4.11. The molecular formula is C16H25BrN2. The summed E-state index contributed by atoms with van der Waals surface area (Å²) in [6.45, 7) is 2.05. The van der Waals surface area contributed by atoms with Crippen LogP contribution in [-0.2, 0) is 6.42 Å². The molecule has 2 nitrogen and oxygen atoms in total. The highest BCUT2D eigenvalue weighted by atomic mass is 79.9. The lowest BCUT2D eigenvalue weighted by atomic mass is 9.94. The fourth-order valence-electron chi connectivity index (χ4n) is 2.95. The Labute approximate surface area is 125 Å². The summed E-state index contributed by atoms with van der Waals surface area (Å²) in [5.41, 5.74) is 8.49. The number of anilines is 1. The van der Waals surface area contributed by atoms with Gasteiger partial charge in [0.15, 0.2) is 0 Å². The first-order chi connectivity index (χ1) is 9.08. The second kappa shape index (κ2) is 6.76. The van der Waals surface area contributed by atoms with E-state index in [4.69, 9.17) is 5.73 Å². The predicted molar refractivity (Wildman–Crippen MR) is 86.8 cm³/mol. The molecule has 2 N–H and O–H groups in total. The Morgan fingerprint density at radius 2 is 2.00 bits per heavy atom. The van der Waals surface area contributed by atoms with Crippen LogP contribution in [0, 0.1) is 0 Å². The van der Waals surface area contributed by atoms with Gasteiger partial charge in [-0.05, 0) is 43.9 Å². The first-order valence-corrected chi connectivity index (χ1v) is 8.14. The normalized spacial score (nSPS) is 18.3. The summed E-state index contributed by atoms with van der Waals surface area (Å²) in [6.07, 6.45) is 7.73. The third kappa shape index (κ3) is 3.96. The Hall–Kier alpha value is -0.540. The molecule has 1 atom stereocenters. The van der Waals surface area contributed by atoms with Crippen LogP contribution in [0.2, 0.25) is 0 Å². The maximum Gasteiger partial charge on any atom is 0.0377 e. The SMILES string of the molecule is CC(N)Cc1ccc(N(C)C2CCCCC2)cc1Br. The maximum absolute atomic E-state index is 5.88. The maximum atomic E-state index is 5.88. The lowest BCUT2D eigenvalue weighted by molar-refractivity contribution is 0.427. The van der Waals surface area contributed by atoms with Gasteiger partial charge in [-0.3, -0.25) is 0 Å². The molecule has 3 heteroatoms. The highest BCUT2D eigenvalue weighted by Gasteiger charge is 2.18. The summed E-state index contributed by atoms with van der Waals surface area (Å²) in [7, 11) is 2.23. The number of benzene rings is 1. The van der Waals surface area contributed by atoms with Gasteiger partial charge < -0.3 is 10.6 Å². The van der Waals surface area contributed by atoms with E-state index in [1.807, 2.05) is 0 Å². The average molecular weight is 325 g/mol. The Bertz CT molecular complexity index is 411. The number of rotatable bonds is 4. The van der Waals surface area contributed by atoms with E-state index in [-0.39, 0.29) is 6.04 Å². The lowest BCUT2D eigenvalue weighted by Crippen LogP contribution is -2.33. The number of halogens is 1. The summed E-state index contributed by atoms with van der Waals surface area (Å²) < 4.78 is 1.19. The highest BCUT2D eigenvalue weighted by Crippen LogP contribution is 2.29. The second-order valence-corrected chi connectivity index (χ2v) is 6.71. The standard InChI is InChI=1S/C16H25BrN2/c1-12(18)10-13-8-9-15(11-16(13)17)19(2)14-6-4-3-5-7-14/h8-9,11-12,14H,3-7,10,18H2,1-2H3. The van der Waals surface area contributed by atoms with Crippen LogP contribution in [0.25, 0.3) is 0 Å². The van der Waals surface area contributed by atoms with Crippen molar-refractivity contribution in [2.45, 2.75) is 57.5 Å². The molecule has 19 heavy (non-hydrogen) atoms. The minimum Gasteiger partial charge on any atom is -0.372 e. The Balaban J connectivity index is 2.09. The van der Waals surface area contributed by atoms with Crippen LogP contribution in [0.1, 0.15) is 44.6 Å². The van der Waals surface area contributed by atoms with Crippen molar-refractivity contribution in [2.75, 3.05) is 11.9 Å². The molecule has 1 aliphatic carbocycles. The molecule has 1 aliphatic rings. The zero-order chi connectivity index (χ0) is 13.8. The number of hydrogen-bond acceptors (Lipinski definition) is 2. The van der Waals surface area contributed by atoms with Crippen molar-refractivity contribution in [1.82, 2.24) is 0 Å². The topological polar surface area (TPSA) is 29.3 Å². The van der Waals surface area contributed by atoms with Crippen LogP contribution >= 0.6 is 15.9 Å². The Kier molecular flexibility index (Phi) is 5.28. The minimum atomic E-state index is 0.207. The molecule has 1 fully saturated rings. The van der Waals surface area contributed by atoms with Gasteiger partial charge in [0.25, 0.3) is 0 Å². The van der Waals surface area contributed by atoms with Crippen LogP contribution < -0.4 is 10.6 Å². The molecule has 1 saturated carbocycles.